The third kappa shape index (κ3) is 3.90. The van der Waals surface area contributed by atoms with Crippen LogP contribution in [0.15, 0.2) is 55.4 Å². The summed E-state index contributed by atoms with van der Waals surface area (Å²) in [5.41, 5.74) is 3.06. The van der Waals surface area contributed by atoms with Crippen LogP contribution in [0.4, 0.5) is 33.2 Å². The first-order valence-corrected chi connectivity index (χ1v) is 9.21. The smallest absolute Gasteiger partial charge is 0.250 e. The summed E-state index contributed by atoms with van der Waals surface area (Å²) in [6.45, 7) is 4.13. The number of rotatable bonds is 6. The number of carbonyl (C=O) groups excluding carboxylic acids is 1. The molecule has 0 fully saturated rings. The highest BCUT2D eigenvalue weighted by Gasteiger charge is 2.23. The Morgan fingerprint density at radius 2 is 2.03 bits per heavy atom. The number of benzene rings is 1. The van der Waals surface area contributed by atoms with Crippen molar-refractivity contribution in [3.05, 3.63) is 66.8 Å². The summed E-state index contributed by atoms with van der Waals surface area (Å²) in [6, 6.07) is 8.97. The largest absolute Gasteiger partial charge is 0.481 e. The van der Waals surface area contributed by atoms with Crippen molar-refractivity contribution in [1.82, 2.24) is 15.0 Å². The summed E-state index contributed by atoms with van der Waals surface area (Å²) < 4.78 is 19.3. The zero-order chi connectivity index (χ0) is 21.1. The Bertz CT molecular complexity index is 1100. The molecule has 9 heteroatoms. The molecule has 4 rings (SSSR count). The molecule has 30 heavy (non-hydrogen) atoms. The lowest BCUT2D eigenvalue weighted by molar-refractivity contribution is -0.114. The number of nitrogens with one attached hydrogen (secondary N) is 2. The van der Waals surface area contributed by atoms with Gasteiger partial charge in [0.05, 0.1) is 25.2 Å². The van der Waals surface area contributed by atoms with Crippen molar-refractivity contribution in [1.29, 1.82) is 0 Å². The minimum absolute atomic E-state index is 0.00788. The van der Waals surface area contributed by atoms with Gasteiger partial charge >= 0.3 is 0 Å². The predicted molar refractivity (Wildman–Crippen MR) is 112 cm³/mol. The number of carbonyl (C=O) groups is 1. The second kappa shape index (κ2) is 8.16. The molecule has 0 radical (unpaired) electrons. The summed E-state index contributed by atoms with van der Waals surface area (Å²) in [5.74, 6) is -0.0841. The van der Waals surface area contributed by atoms with Gasteiger partial charge in [-0.15, -0.1) is 0 Å². The second-order valence-corrected chi connectivity index (χ2v) is 6.52. The molecule has 0 unspecified atom stereocenters. The molecule has 2 aromatic heterocycles. The van der Waals surface area contributed by atoms with E-state index in [2.05, 4.69) is 32.2 Å². The molecule has 0 aliphatic carbocycles. The molecule has 1 amide bonds. The van der Waals surface area contributed by atoms with Crippen LogP contribution in [-0.4, -0.2) is 34.5 Å². The highest BCUT2D eigenvalue weighted by atomic mass is 19.1. The first-order valence-electron chi connectivity index (χ1n) is 9.21. The van der Waals surface area contributed by atoms with Gasteiger partial charge in [0.2, 0.25) is 17.7 Å². The van der Waals surface area contributed by atoms with E-state index >= 15 is 0 Å². The molecule has 152 valence electrons. The minimum Gasteiger partial charge on any atom is -0.481 e. The number of anilines is 5. The fraction of sp³-hybridized carbons (Fsp3) is 0.143. The number of pyridine rings is 1. The molecular weight excluding hydrogens is 387 g/mol. The zero-order valence-electron chi connectivity index (χ0n) is 16.2. The van der Waals surface area contributed by atoms with Gasteiger partial charge in [-0.2, -0.15) is 4.98 Å². The van der Waals surface area contributed by atoms with Crippen molar-refractivity contribution in [3.63, 3.8) is 0 Å². The summed E-state index contributed by atoms with van der Waals surface area (Å²) in [4.78, 5) is 26.0. The minimum atomic E-state index is -0.604. The first-order chi connectivity index (χ1) is 14.6. The van der Waals surface area contributed by atoms with E-state index in [1.807, 2.05) is 12.1 Å². The number of ether oxygens (including phenoxy) is 1. The van der Waals surface area contributed by atoms with E-state index in [0.717, 1.165) is 23.9 Å². The lowest BCUT2D eigenvalue weighted by Crippen LogP contribution is -2.26. The highest BCUT2D eigenvalue weighted by molar-refractivity contribution is 6.03. The SMILES string of the molecule is C=CC(=O)N1CCc2ccc(Nc3nc(Nc4ccc(OC)nc4)ncc3F)cc21. The van der Waals surface area contributed by atoms with Crippen LogP contribution in [0.3, 0.4) is 0 Å². The molecule has 0 spiro atoms. The Balaban J connectivity index is 1.55. The quantitative estimate of drug-likeness (QED) is 0.605. The standard InChI is InChI=1S/C21H19FN6O2/c1-3-19(29)28-9-8-13-4-5-14(10-17(13)28)25-20-16(22)12-24-21(27-20)26-15-6-7-18(30-2)23-11-15/h3-7,10-12H,1,8-9H2,2H3,(H2,24,25,26,27). The molecule has 0 saturated carbocycles. The molecule has 0 bridgehead atoms. The lowest BCUT2D eigenvalue weighted by atomic mass is 10.1. The molecule has 8 nitrogen and oxygen atoms in total. The number of halogens is 1. The van der Waals surface area contributed by atoms with Crippen LogP contribution >= 0.6 is 0 Å². The topological polar surface area (TPSA) is 92.3 Å². The van der Waals surface area contributed by atoms with Gasteiger partial charge in [0.15, 0.2) is 11.6 Å². The number of nitrogens with zero attached hydrogens (tertiary/aromatic N) is 4. The third-order valence-electron chi connectivity index (χ3n) is 4.63. The van der Waals surface area contributed by atoms with Gasteiger partial charge in [-0.25, -0.2) is 14.4 Å². The Morgan fingerprint density at radius 1 is 1.20 bits per heavy atom. The van der Waals surface area contributed by atoms with Crippen molar-refractivity contribution < 1.29 is 13.9 Å². The number of hydrogen-bond acceptors (Lipinski definition) is 7. The monoisotopic (exact) mass is 406 g/mol. The second-order valence-electron chi connectivity index (χ2n) is 6.52. The van der Waals surface area contributed by atoms with Gasteiger partial charge in [0.25, 0.3) is 0 Å². The van der Waals surface area contributed by atoms with Crippen LogP contribution in [-0.2, 0) is 11.2 Å². The van der Waals surface area contributed by atoms with Crippen LogP contribution in [0.2, 0.25) is 0 Å². The molecule has 1 aromatic carbocycles. The molecule has 3 aromatic rings. The van der Waals surface area contributed by atoms with E-state index in [4.69, 9.17) is 4.74 Å². The summed E-state index contributed by atoms with van der Waals surface area (Å²) in [6.07, 6.45) is 4.69. The predicted octanol–water partition coefficient (Wildman–Crippen LogP) is 3.58. The van der Waals surface area contributed by atoms with Crippen molar-refractivity contribution in [2.75, 3.05) is 29.2 Å². The maximum Gasteiger partial charge on any atom is 0.250 e. The Kier molecular flexibility index (Phi) is 5.25. The van der Waals surface area contributed by atoms with Crippen molar-refractivity contribution in [3.8, 4) is 5.88 Å². The van der Waals surface area contributed by atoms with E-state index in [-0.39, 0.29) is 17.7 Å². The molecule has 2 N–H and O–H groups in total. The number of fused-ring (bicyclic) bond motifs is 1. The number of hydrogen-bond donors (Lipinski definition) is 2. The Hall–Kier alpha value is -4.01. The van der Waals surface area contributed by atoms with E-state index in [9.17, 15) is 9.18 Å². The van der Waals surface area contributed by atoms with Crippen molar-refractivity contribution in [2.24, 2.45) is 0 Å². The average molecular weight is 406 g/mol. The van der Waals surface area contributed by atoms with Crippen LogP contribution in [0.5, 0.6) is 5.88 Å². The lowest BCUT2D eigenvalue weighted by Gasteiger charge is -2.16. The van der Waals surface area contributed by atoms with Gasteiger partial charge in [0, 0.05) is 24.0 Å². The van der Waals surface area contributed by atoms with Gasteiger partial charge in [-0.1, -0.05) is 12.6 Å². The molecule has 1 aliphatic rings. The van der Waals surface area contributed by atoms with E-state index in [0.29, 0.717) is 23.8 Å². The summed E-state index contributed by atoms with van der Waals surface area (Å²) >= 11 is 0. The first kappa shape index (κ1) is 19.3. The van der Waals surface area contributed by atoms with E-state index in [1.54, 1.807) is 29.3 Å². The molecule has 3 heterocycles. The van der Waals surface area contributed by atoms with E-state index < -0.39 is 5.82 Å². The van der Waals surface area contributed by atoms with Gasteiger partial charge in [-0.05, 0) is 36.3 Å². The highest BCUT2D eigenvalue weighted by Crippen LogP contribution is 2.32. The maximum absolute atomic E-state index is 14.3. The molecule has 0 saturated heterocycles. The van der Waals surface area contributed by atoms with Crippen LogP contribution in [0.25, 0.3) is 0 Å². The van der Waals surface area contributed by atoms with Crippen molar-refractivity contribution in [2.45, 2.75) is 6.42 Å². The van der Waals surface area contributed by atoms with Gasteiger partial charge in [-0.3, -0.25) is 4.79 Å². The van der Waals surface area contributed by atoms with Crippen LogP contribution < -0.4 is 20.3 Å². The molecular formula is C21H19FN6O2. The van der Waals surface area contributed by atoms with Crippen molar-refractivity contribution >= 4 is 34.7 Å². The van der Waals surface area contributed by atoms with Gasteiger partial charge < -0.3 is 20.3 Å². The van der Waals surface area contributed by atoms with Crippen LogP contribution in [0.1, 0.15) is 5.56 Å². The van der Waals surface area contributed by atoms with Gasteiger partial charge in [0.1, 0.15) is 0 Å². The Morgan fingerprint density at radius 3 is 2.77 bits per heavy atom. The third-order valence-corrected chi connectivity index (χ3v) is 4.63. The normalized spacial score (nSPS) is 12.3. The summed E-state index contributed by atoms with van der Waals surface area (Å²) in [7, 11) is 1.53. The Labute approximate surface area is 172 Å². The van der Waals surface area contributed by atoms with Crippen LogP contribution in [0, 0.1) is 5.82 Å². The molecule has 1 aliphatic heterocycles. The zero-order valence-corrected chi connectivity index (χ0v) is 16.2. The van der Waals surface area contributed by atoms with E-state index in [1.165, 1.54) is 13.2 Å². The fourth-order valence-corrected chi connectivity index (χ4v) is 3.15. The average Bonchev–Trinajstić information content (AvgIpc) is 3.19. The maximum atomic E-state index is 14.3. The fourth-order valence-electron chi connectivity index (χ4n) is 3.15. The number of methoxy groups -OCH3 is 1. The molecule has 0 atom stereocenters. The number of aromatic nitrogens is 3. The summed E-state index contributed by atoms with van der Waals surface area (Å²) in [5, 5.41) is 5.93. The number of amides is 1.